The van der Waals surface area contributed by atoms with Crippen molar-refractivity contribution in [2.75, 3.05) is 13.1 Å². The Hall–Kier alpha value is -1.20. The summed E-state index contributed by atoms with van der Waals surface area (Å²) >= 11 is 1.80. The monoisotopic (exact) mass is 304 g/mol. The summed E-state index contributed by atoms with van der Waals surface area (Å²) in [5.74, 6) is 0. The van der Waals surface area contributed by atoms with Gasteiger partial charge in [0, 0.05) is 35.8 Å². The molecule has 1 saturated heterocycles. The van der Waals surface area contributed by atoms with E-state index in [2.05, 4.69) is 51.9 Å². The third-order valence-electron chi connectivity index (χ3n) is 4.54. The van der Waals surface area contributed by atoms with Crippen LogP contribution >= 0.6 is 11.3 Å². The molecule has 0 unspecified atom stereocenters. The molecule has 0 atom stereocenters. The van der Waals surface area contributed by atoms with Crippen molar-refractivity contribution in [2.45, 2.75) is 51.6 Å². The van der Waals surface area contributed by atoms with Crippen LogP contribution < -0.4 is 0 Å². The summed E-state index contributed by atoms with van der Waals surface area (Å²) in [4.78, 5) is 7.08. The van der Waals surface area contributed by atoms with E-state index in [0.717, 1.165) is 19.6 Å². The molecule has 0 aromatic carbocycles. The molecule has 4 nitrogen and oxygen atoms in total. The Morgan fingerprint density at radius 1 is 1.29 bits per heavy atom. The maximum Gasteiger partial charge on any atom is 0.0984 e. The Morgan fingerprint density at radius 2 is 2.05 bits per heavy atom. The van der Waals surface area contributed by atoms with Gasteiger partial charge in [-0.2, -0.15) is 5.10 Å². The molecule has 0 amide bonds. The van der Waals surface area contributed by atoms with Crippen LogP contribution in [0.3, 0.4) is 0 Å². The molecule has 0 N–H and O–H groups in total. The first-order valence-corrected chi connectivity index (χ1v) is 8.61. The van der Waals surface area contributed by atoms with Crippen LogP contribution in [0.25, 0.3) is 0 Å². The molecule has 5 heteroatoms. The van der Waals surface area contributed by atoms with Gasteiger partial charge in [-0.15, -0.1) is 11.3 Å². The summed E-state index contributed by atoms with van der Waals surface area (Å²) in [6, 6.07) is 2.58. The minimum Gasteiger partial charge on any atom is -0.297 e. The molecule has 3 heterocycles. The number of hydrogen-bond acceptors (Lipinski definition) is 4. The van der Waals surface area contributed by atoms with E-state index in [1.165, 1.54) is 23.5 Å². The van der Waals surface area contributed by atoms with Gasteiger partial charge in [0.05, 0.1) is 10.7 Å². The molecule has 1 aliphatic heterocycles. The van der Waals surface area contributed by atoms with Gasteiger partial charge in [-0.1, -0.05) is 6.92 Å². The second kappa shape index (κ2) is 5.89. The lowest BCUT2D eigenvalue weighted by Gasteiger charge is -2.38. The Balaban J connectivity index is 1.62. The Morgan fingerprint density at radius 3 is 2.67 bits per heavy atom. The van der Waals surface area contributed by atoms with Gasteiger partial charge in [-0.25, -0.2) is 4.98 Å². The first kappa shape index (κ1) is 14.7. The van der Waals surface area contributed by atoms with Crippen molar-refractivity contribution in [3.05, 3.63) is 34.5 Å². The lowest BCUT2D eigenvalue weighted by Crippen LogP contribution is -2.40. The maximum atomic E-state index is 4.54. The van der Waals surface area contributed by atoms with E-state index < -0.39 is 0 Å². The zero-order valence-corrected chi connectivity index (χ0v) is 13.9. The predicted molar refractivity (Wildman–Crippen MR) is 86.6 cm³/mol. The molecule has 3 rings (SSSR count). The molecule has 21 heavy (non-hydrogen) atoms. The standard InChI is InChI=1S/C16H24N4S/c1-13(2)20-14(4-7-18-20)12-19-9-5-16(3,6-10-19)15-17-8-11-21-15/h4,7-8,11,13H,5-6,9-10,12H2,1-3H3. The van der Waals surface area contributed by atoms with E-state index >= 15 is 0 Å². The first-order chi connectivity index (χ1) is 10.1. The van der Waals surface area contributed by atoms with Gasteiger partial charge < -0.3 is 0 Å². The van der Waals surface area contributed by atoms with E-state index in [0.29, 0.717) is 6.04 Å². The van der Waals surface area contributed by atoms with E-state index in [9.17, 15) is 0 Å². The minimum atomic E-state index is 0.267. The van der Waals surface area contributed by atoms with E-state index in [-0.39, 0.29) is 5.41 Å². The van der Waals surface area contributed by atoms with Crippen LogP contribution in [0, 0.1) is 0 Å². The number of hydrogen-bond donors (Lipinski definition) is 0. The minimum absolute atomic E-state index is 0.267. The topological polar surface area (TPSA) is 34.0 Å². The molecular formula is C16H24N4S. The number of aromatic nitrogens is 3. The van der Waals surface area contributed by atoms with Crippen molar-refractivity contribution in [1.82, 2.24) is 19.7 Å². The number of piperidine rings is 1. The number of thiazole rings is 1. The molecule has 0 saturated carbocycles. The fourth-order valence-electron chi connectivity index (χ4n) is 3.10. The van der Waals surface area contributed by atoms with Gasteiger partial charge in [-0.05, 0) is 45.8 Å². The number of nitrogens with zero attached hydrogens (tertiary/aromatic N) is 4. The summed E-state index contributed by atoms with van der Waals surface area (Å²) in [5.41, 5.74) is 1.59. The zero-order chi connectivity index (χ0) is 14.9. The highest BCUT2D eigenvalue weighted by Gasteiger charge is 2.33. The van der Waals surface area contributed by atoms with Crippen LogP contribution in [-0.2, 0) is 12.0 Å². The molecule has 2 aromatic rings. The summed E-state index contributed by atoms with van der Waals surface area (Å²) in [6.07, 6.45) is 6.23. The first-order valence-electron chi connectivity index (χ1n) is 7.73. The van der Waals surface area contributed by atoms with Gasteiger partial charge >= 0.3 is 0 Å². The normalized spacial score (nSPS) is 19.2. The van der Waals surface area contributed by atoms with Gasteiger partial charge in [0.2, 0.25) is 0 Å². The predicted octanol–water partition coefficient (Wildman–Crippen LogP) is 3.47. The SMILES string of the molecule is CC(C)n1nccc1CN1CCC(C)(c2nccs2)CC1. The lowest BCUT2D eigenvalue weighted by molar-refractivity contribution is 0.157. The van der Waals surface area contributed by atoms with Gasteiger partial charge in [0.1, 0.15) is 0 Å². The van der Waals surface area contributed by atoms with Crippen molar-refractivity contribution in [3.8, 4) is 0 Å². The summed E-state index contributed by atoms with van der Waals surface area (Å²) in [7, 11) is 0. The van der Waals surface area contributed by atoms with Crippen molar-refractivity contribution in [3.63, 3.8) is 0 Å². The molecule has 0 bridgehead atoms. The molecule has 0 spiro atoms. The Kier molecular flexibility index (Phi) is 4.13. The van der Waals surface area contributed by atoms with Crippen LogP contribution in [0.4, 0.5) is 0 Å². The molecule has 0 radical (unpaired) electrons. The van der Waals surface area contributed by atoms with Crippen molar-refractivity contribution >= 4 is 11.3 Å². The maximum absolute atomic E-state index is 4.54. The van der Waals surface area contributed by atoms with Gasteiger partial charge in [0.25, 0.3) is 0 Å². The lowest BCUT2D eigenvalue weighted by atomic mass is 9.81. The highest BCUT2D eigenvalue weighted by molar-refractivity contribution is 7.09. The van der Waals surface area contributed by atoms with Gasteiger partial charge in [-0.3, -0.25) is 9.58 Å². The van der Waals surface area contributed by atoms with Crippen LogP contribution in [0.2, 0.25) is 0 Å². The summed E-state index contributed by atoms with van der Waals surface area (Å²) in [5, 5.41) is 7.82. The molecular weight excluding hydrogens is 280 g/mol. The van der Waals surface area contributed by atoms with Crippen molar-refractivity contribution < 1.29 is 0 Å². The fraction of sp³-hybridized carbons (Fsp3) is 0.625. The average Bonchev–Trinajstić information content (AvgIpc) is 3.12. The largest absolute Gasteiger partial charge is 0.297 e. The molecule has 2 aromatic heterocycles. The number of rotatable bonds is 4. The number of likely N-dealkylation sites (tertiary alicyclic amines) is 1. The van der Waals surface area contributed by atoms with Crippen LogP contribution in [-0.4, -0.2) is 32.8 Å². The average molecular weight is 304 g/mol. The molecule has 1 fully saturated rings. The summed E-state index contributed by atoms with van der Waals surface area (Å²) in [6.45, 7) is 10.0. The third kappa shape index (κ3) is 3.04. The van der Waals surface area contributed by atoms with Crippen molar-refractivity contribution in [1.29, 1.82) is 0 Å². The zero-order valence-electron chi connectivity index (χ0n) is 13.1. The van der Waals surface area contributed by atoms with E-state index in [1.54, 1.807) is 11.3 Å². The smallest absolute Gasteiger partial charge is 0.0984 e. The second-order valence-electron chi connectivity index (χ2n) is 6.53. The van der Waals surface area contributed by atoms with Gasteiger partial charge in [0.15, 0.2) is 0 Å². The van der Waals surface area contributed by atoms with E-state index in [4.69, 9.17) is 0 Å². The summed E-state index contributed by atoms with van der Waals surface area (Å²) < 4.78 is 2.13. The van der Waals surface area contributed by atoms with Crippen LogP contribution in [0.1, 0.15) is 50.4 Å². The van der Waals surface area contributed by atoms with E-state index in [1.807, 2.05) is 12.4 Å². The molecule has 114 valence electrons. The Bertz CT molecular complexity index is 565. The van der Waals surface area contributed by atoms with Crippen LogP contribution in [0.15, 0.2) is 23.8 Å². The Labute approximate surface area is 130 Å². The molecule has 1 aliphatic rings. The van der Waals surface area contributed by atoms with Crippen LogP contribution in [0.5, 0.6) is 0 Å². The molecule has 0 aliphatic carbocycles. The highest BCUT2D eigenvalue weighted by atomic mass is 32.1. The third-order valence-corrected chi connectivity index (χ3v) is 5.61. The van der Waals surface area contributed by atoms with Crippen molar-refractivity contribution in [2.24, 2.45) is 0 Å². The highest BCUT2D eigenvalue weighted by Crippen LogP contribution is 2.36. The second-order valence-corrected chi connectivity index (χ2v) is 7.43. The fourth-order valence-corrected chi connectivity index (χ4v) is 3.96. The quantitative estimate of drug-likeness (QED) is 0.867.